The summed E-state index contributed by atoms with van der Waals surface area (Å²) in [5.74, 6) is 0.629. The predicted octanol–water partition coefficient (Wildman–Crippen LogP) is 12.0. The van der Waals surface area contributed by atoms with Gasteiger partial charge in [0.25, 0.3) is 0 Å². The summed E-state index contributed by atoms with van der Waals surface area (Å²) >= 11 is 0. The van der Waals surface area contributed by atoms with Crippen molar-refractivity contribution >= 4 is 71.2 Å². The molecule has 0 N–H and O–H groups in total. The Kier molecular flexibility index (Phi) is 6.24. The molecule has 0 atom stereocenters. The summed E-state index contributed by atoms with van der Waals surface area (Å²) in [6.07, 6.45) is 2.20. The quantitative estimate of drug-likeness (QED) is 0.183. The molecular weight excluding hydrogens is 673 g/mol. The summed E-state index contributed by atoms with van der Waals surface area (Å²) in [6.45, 7) is 0. The van der Waals surface area contributed by atoms with Crippen molar-refractivity contribution in [3.8, 4) is 34.0 Å². The predicted molar refractivity (Wildman–Crippen MR) is 225 cm³/mol. The van der Waals surface area contributed by atoms with Crippen molar-refractivity contribution < 1.29 is 0 Å². The first kappa shape index (κ1) is 29.9. The maximum absolute atomic E-state index is 5.34. The standard InChI is InChI=1S/C49H30N6/c1-3-13-31(14-4-1)48-36-18-7-9-19-40(36)51-49(52-48)55-44-26-24-33(28-38(44)39-29-47-50-41-20-10-12-22-45(41)53(47)30-46(39)55)32-23-25-43-37(27-32)35-17-8-11-21-42(35)54(43)34-15-5-2-6-16-34/h1-30H. The number of nitrogens with zero attached hydrogens (tertiary/aromatic N) is 6. The molecule has 0 saturated carbocycles. The van der Waals surface area contributed by atoms with Crippen LogP contribution < -0.4 is 0 Å². The number of aromatic nitrogens is 6. The summed E-state index contributed by atoms with van der Waals surface area (Å²) < 4.78 is 6.76. The van der Waals surface area contributed by atoms with E-state index in [9.17, 15) is 0 Å². The lowest BCUT2D eigenvalue weighted by atomic mass is 10.0. The summed E-state index contributed by atoms with van der Waals surface area (Å²) in [7, 11) is 0. The van der Waals surface area contributed by atoms with E-state index in [1.807, 2.05) is 18.2 Å². The van der Waals surface area contributed by atoms with Crippen LogP contribution in [0, 0.1) is 0 Å². The Morgan fingerprint density at radius 1 is 0.345 bits per heavy atom. The van der Waals surface area contributed by atoms with Crippen molar-refractivity contribution in [2.75, 3.05) is 0 Å². The minimum atomic E-state index is 0.629. The molecule has 0 amide bonds. The average molecular weight is 703 g/mol. The van der Waals surface area contributed by atoms with Crippen LogP contribution in [0.25, 0.3) is 105 Å². The molecule has 0 unspecified atom stereocenters. The molecule has 12 aromatic rings. The molecule has 0 fully saturated rings. The number of hydrogen-bond donors (Lipinski definition) is 0. The second-order valence-electron chi connectivity index (χ2n) is 14.1. The van der Waals surface area contributed by atoms with Crippen LogP contribution in [0.5, 0.6) is 0 Å². The van der Waals surface area contributed by atoms with E-state index in [0.717, 1.165) is 77.5 Å². The molecule has 5 aromatic heterocycles. The first-order valence-electron chi connectivity index (χ1n) is 18.5. The molecular formula is C49H30N6. The fourth-order valence-electron chi connectivity index (χ4n) is 8.55. The van der Waals surface area contributed by atoms with Gasteiger partial charge in [-0.25, -0.2) is 15.0 Å². The fourth-order valence-corrected chi connectivity index (χ4v) is 8.55. The molecule has 0 radical (unpaired) electrons. The molecule has 0 saturated heterocycles. The van der Waals surface area contributed by atoms with E-state index in [2.05, 4.69) is 177 Å². The third kappa shape index (κ3) is 4.46. The minimum Gasteiger partial charge on any atom is -0.309 e. The molecule has 0 aliphatic carbocycles. The summed E-state index contributed by atoms with van der Waals surface area (Å²) in [4.78, 5) is 15.6. The fraction of sp³-hybridized carbons (Fsp3) is 0. The molecule has 55 heavy (non-hydrogen) atoms. The second-order valence-corrected chi connectivity index (χ2v) is 14.1. The van der Waals surface area contributed by atoms with E-state index in [-0.39, 0.29) is 0 Å². The third-order valence-corrected chi connectivity index (χ3v) is 11.1. The third-order valence-electron chi connectivity index (χ3n) is 11.1. The van der Waals surface area contributed by atoms with E-state index in [0.29, 0.717) is 5.95 Å². The van der Waals surface area contributed by atoms with Crippen LogP contribution in [0.15, 0.2) is 182 Å². The number of imidazole rings is 1. The lowest BCUT2D eigenvalue weighted by molar-refractivity contribution is 1.01. The van der Waals surface area contributed by atoms with Gasteiger partial charge in [0.05, 0.1) is 44.3 Å². The normalized spacial score (nSPS) is 12.0. The highest BCUT2D eigenvalue weighted by Gasteiger charge is 2.20. The average Bonchev–Trinajstić information content (AvgIpc) is 3.89. The maximum Gasteiger partial charge on any atom is 0.235 e. The Morgan fingerprint density at radius 2 is 0.927 bits per heavy atom. The van der Waals surface area contributed by atoms with E-state index >= 15 is 0 Å². The molecule has 6 heteroatoms. The highest BCUT2D eigenvalue weighted by atomic mass is 15.2. The van der Waals surface area contributed by atoms with Crippen molar-refractivity contribution in [3.05, 3.63) is 182 Å². The number of rotatable bonds is 4. The zero-order chi connectivity index (χ0) is 36.0. The van der Waals surface area contributed by atoms with Crippen LogP contribution in [0.4, 0.5) is 0 Å². The molecule has 0 bridgehead atoms. The minimum absolute atomic E-state index is 0.629. The lowest BCUT2D eigenvalue weighted by Gasteiger charge is -2.12. The SMILES string of the molecule is c1ccc(-c2nc(-n3c4ccc(-c5ccc6c(c5)c5ccccc5n6-c5ccccc5)cc4c4cc5nc6ccccc6n5cc43)nc3ccccc23)cc1. The zero-order valence-electron chi connectivity index (χ0n) is 29.5. The van der Waals surface area contributed by atoms with Gasteiger partial charge in [-0.3, -0.25) is 8.97 Å². The van der Waals surface area contributed by atoms with Crippen LogP contribution >= 0.6 is 0 Å². The van der Waals surface area contributed by atoms with Crippen LogP contribution in [0.3, 0.4) is 0 Å². The Balaban J connectivity index is 1.13. The van der Waals surface area contributed by atoms with E-state index in [1.165, 1.54) is 21.8 Å². The summed E-state index contributed by atoms with van der Waals surface area (Å²) in [5.41, 5.74) is 13.7. The smallest absolute Gasteiger partial charge is 0.235 e. The number of para-hydroxylation sites is 5. The van der Waals surface area contributed by atoms with E-state index in [1.54, 1.807) is 0 Å². The van der Waals surface area contributed by atoms with Crippen molar-refractivity contribution in [1.29, 1.82) is 0 Å². The van der Waals surface area contributed by atoms with Crippen LogP contribution in [0.2, 0.25) is 0 Å². The molecule has 7 aromatic carbocycles. The molecule has 256 valence electrons. The van der Waals surface area contributed by atoms with E-state index in [4.69, 9.17) is 15.0 Å². The van der Waals surface area contributed by atoms with Crippen LogP contribution in [-0.2, 0) is 0 Å². The highest BCUT2D eigenvalue weighted by molar-refractivity contribution is 6.13. The summed E-state index contributed by atoms with van der Waals surface area (Å²) in [6, 6.07) is 62.1. The molecule has 12 rings (SSSR count). The Labute approximate surface area is 314 Å². The van der Waals surface area contributed by atoms with Crippen LogP contribution in [0.1, 0.15) is 0 Å². The maximum atomic E-state index is 5.34. The van der Waals surface area contributed by atoms with Gasteiger partial charge in [0.2, 0.25) is 5.95 Å². The number of benzene rings is 7. The molecule has 5 heterocycles. The summed E-state index contributed by atoms with van der Waals surface area (Å²) in [5, 5.41) is 5.69. The molecule has 6 nitrogen and oxygen atoms in total. The van der Waals surface area contributed by atoms with Gasteiger partial charge in [0.1, 0.15) is 5.65 Å². The first-order valence-corrected chi connectivity index (χ1v) is 18.5. The van der Waals surface area contributed by atoms with Gasteiger partial charge < -0.3 is 4.57 Å². The van der Waals surface area contributed by atoms with Crippen molar-refractivity contribution in [1.82, 2.24) is 28.5 Å². The lowest BCUT2D eigenvalue weighted by Crippen LogP contribution is -2.04. The van der Waals surface area contributed by atoms with Gasteiger partial charge >= 0.3 is 0 Å². The first-order chi connectivity index (χ1) is 27.3. The van der Waals surface area contributed by atoms with Gasteiger partial charge in [0.15, 0.2) is 0 Å². The second kappa shape index (κ2) is 11.5. The molecule has 0 spiro atoms. The topological polar surface area (TPSA) is 52.9 Å². The Hall–Kier alpha value is -7.57. The van der Waals surface area contributed by atoms with Gasteiger partial charge in [0, 0.05) is 44.4 Å². The van der Waals surface area contributed by atoms with Crippen LogP contribution in [-0.4, -0.2) is 28.5 Å². The Bertz CT molecular complexity index is 3480. The highest BCUT2D eigenvalue weighted by Crippen LogP contribution is 2.39. The zero-order valence-corrected chi connectivity index (χ0v) is 29.5. The monoisotopic (exact) mass is 702 g/mol. The molecule has 0 aliphatic heterocycles. The number of hydrogen-bond acceptors (Lipinski definition) is 3. The number of fused-ring (bicyclic) bond motifs is 10. The van der Waals surface area contributed by atoms with Gasteiger partial charge in [-0.1, -0.05) is 109 Å². The number of pyridine rings is 1. The largest absolute Gasteiger partial charge is 0.309 e. The van der Waals surface area contributed by atoms with Crippen molar-refractivity contribution in [3.63, 3.8) is 0 Å². The van der Waals surface area contributed by atoms with Gasteiger partial charge in [-0.15, -0.1) is 0 Å². The Morgan fingerprint density at radius 3 is 1.71 bits per heavy atom. The molecule has 0 aliphatic rings. The van der Waals surface area contributed by atoms with Crippen molar-refractivity contribution in [2.45, 2.75) is 0 Å². The van der Waals surface area contributed by atoms with Crippen molar-refractivity contribution in [2.24, 2.45) is 0 Å². The van der Waals surface area contributed by atoms with Gasteiger partial charge in [-0.05, 0) is 77.9 Å². The van der Waals surface area contributed by atoms with E-state index < -0.39 is 0 Å². The van der Waals surface area contributed by atoms with Gasteiger partial charge in [-0.2, -0.15) is 0 Å².